The highest BCUT2D eigenvalue weighted by molar-refractivity contribution is 5.37. The third-order valence-corrected chi connectivity index (χ3v) is 8.27. The first-order chi connectivity index (χ1) is 14.5. The third kappa shape index (κ3) is 4.84. The van der Waals surface area contributed by atoms with Crippen LogP contribution in [-0.4, -0.2) is 23.3 Å². The predicted molar refractivity (Wildman–Crippen MR) is 122 cm³/mol. The zero-order valence-corrected chi connectivity index (χ0v) is 19.8. The fourth-order valence-electron chi connectivity index (χ4n) is 6.74. The number of aliphatic hydroxyl groups excluding tert-OH is 1. The van der Waals surface area contributed by atoms with Crippen LogP contribution in [-0.2, 0) is 0 Å². The molecule has 0 radical (unpaired) electrons. The molecule has 0 aliphatic heterocycles. The summed E-state index contributed by atoms with van der Waals surface area (Å²) >= 11 is 0. The van der Waals surface area contributed by atoms with Gasteiger partial charge in [0, 0.05) is 11.8 Å². The van der Waals surface area contributed by atoms with E-state index >= 15 is 13.2 Å². The molecule has 176 valence electrons. The van der Waals surface area contributed by atoms with Gasteiger partial charge in [0.05, 0.1) is 6.10 Å². The normalized spacial score (nSPS) is 39.3. The van der Waals surface area contributed by atoms with Crippen molar-refractivity contribution in [1.29, 1.82) is 0 Å². The minimum Gasteiger partial charge on any atom is -0.393 e. The lowest BCUT2D eigenvalue weighted by atomic mass is 9.60. The van der Waals surface area contributed by atoms with E-state index in [9.17, 15) is 5.11 Å². The van der Waals surface area contributed by atoms with E-state index in [0.717, 1.165) is 48.8 Å². The molecule has 0 amide bonds. The maximum atomic E-state index is 15.4. The Morgan fingerprint density at radius 1 is 1.16 bits per heavy atom. The van der Waals surface area contributed by atoms with Gasteiger partial charge < -0.3 is 5.11 Å². The van der Waals surface area contributed by atoms with Crippen LogP contribution in [0.1, 0.15) is 85.5 Å². The van der Waals surface area contributed by atoms with Crippen LogP contribution in [0.15, 0.2) is 35.5 Å². The van der Waals surface area contributed by atoms with Crippen molar-refractivity contribution < 1.29 is 18.3 Å². The van der Waals surface area contributed by atoms with Crippen LogP contribution >= 0.6 is 0 Å². The maximum Gasteiger partial charge on any atom is 0.282 e. The van der Waals surface area contributed by atoms with Gasteiger partial charge in [0.1, 0.15) is 0 Å². The third-order valence-electron chi connectivity index (χ3n) is 8.27. The predicted octanol–water partition coefficient (Wildman–Crippen LogP) is 7.81. The van der Waals surface area contributed by atoms with Crippen LogP contribution in [0, 0.1) is 29.1 Å². The number of halogens is 3. The van der Waals surface area contributed by atoms with Crippen LogP contribution in [0.25, 0.3) is 0 Å². The van der Waals surface area contributed by atoms with Crippen molar-refractivity contribution in [3.63, 3.8) is 0 Å². The number of hydrogen-bond acceptors (Lipinski definition) is 1. The molecule has 0 aromatic heterocycles. The standard InChI is InChI=1S/C27H41F3O/c1-17(2)8-6-9-19(4)24-26(5)15-7-10-20(23(26)25(28)27(24,29)30)12-13-21-16-22(31)14-11-18(21)3/h12-13,17,19,22-25,31H,3,6-11,14-16H2,1-2,4-5H3/b20-12+,21-13+/t19-,22+,23-,24-,25?,26-/m1/s1. The van der Waals surface area contributed by atoms with E-state index < -0.39 is 29.3 Å². The van der Waals surface area contributed by atoms with E-state index in [1.54, 1.807) is 0 Å². The molecule has 1 unspecified atom stereocenters. The summed E-state index contributed by atoms with van der Waals surface area (Å²) in [6, 6.07) is 0. The van der Waals surface area contributed by atoms with Crippen molar-refractivity contribution in [1.82, 2.24) is 0 Å². The fraction of sp³-hybridized carbons (Fsp3) is 0.778. The zero-order valence-electron chi connectivity index (χ0n) is 19.8. The number of allylic oxidation sites excluding steroid dienone is 4. The van der Waals surface area contributed by atoms with Crippen LogP contribution in [0.4, 0.5) is 13.2 Å². The SMILES string of the molecule is C=C1CC[C@H](O)C/C1=C\C=C1/CCC[C@]2(C)[C@H]1C(F)C(F)(F)[C@@H]2[C@H](C)CCCC(C)C. The summed E-state index contributed by atoms with van der Waals surface area (Å²) < 4.78 is 46.2. The highest BCUT2D eigenvalue weighted by atomic mass is 19.3. The molecule has 0 heterocycles. The lowest BCUT2D eigenvalue weighted by Gasteiger charge is -2.44. The van der Waals surface area contributed by atoms with E-state index in [2.05, 4.69) is 20.4 Å². The molecule has 0 bridgehead atoms. The molecule has 0 saturated heterocycles. The second-order valence-electron chi connectivity index (χ2n) is 11.1. The van der Waals surface area contributed by atoms with Gasteiger partial charge in [-0.25, -0.2) is 13.2 Å². The summed E-state index contributed by atoms with van der Waals surface area (Å²) in [6.07, 6.45) is 8.11. The summed E-state index contributed by atoms with van der Waals surface area (Å²) in [5, 5.41) is 9.98. The average Bonchev–Trinajstić information content (AvgIpc) is 2.84. The molecular formula is C27H41F3O. The quantitative estimate of drug-likeness (QED) is 0.448. The largest absolute Gasteiger partial charge is 0.393 e. The molecule has 31 heavy (non-hydrogen) atoms. The van der Waals surface area contributed by atoms with Crippen molar-refractivity contribution in [2.24, 2.45) is 29.1 Å². The molecule has 0 aromatic rings. The Balaban J connectivity index is 1.87. The highest BCUT2D eigenvalue weighted by Crippen LogP contribution is 2.66. The maximum absolute atomic E-state index is 15.4. The van der Waals surface area contributed by atoms with Crippen molar-refractivity contribution in [2.45, 2.75) is 104 Å². The summed E-state index contributed by atoms with van der Waals surface area (Å²) in [5.41, 5.74) is 2.06. The van der Waals surface area contributed by atoms with Gasteiger partial charge in [-0.1, -0.05) is 76.8 Å². The summed E-state index contributed by atoms with van der Waals surface area (Å²) in [5.74, 6) is -4.59. The molecule has 6 atom stereocenters. The average molecular weight is 439 g/mol. The summed E-state index contributed by atoms with van der Waals surface area (Å²) in [7, 11) is 0. The van der Waals surface area contributed by atoms with Crippen molar-refractivity contribution >= 4 is 0 Å². The Bertz CT molecular complexity index is 722. The lowest BCUT2D eigenvalue weighted by molar-refractivity contribution is -0.117. The van der Waals surface area contributed by atoms with Gasteiger partial charge >= 0.3 is 0 Å². The second kappa shape index (κ2) is 9.45. The van der Waals surface area contributed by atoms with Gasteiger partial charge in [-0.3, -0.25) is 0 Å². The van der Waals surface area contributed by atoms with E-state index in [1.165, 1.54) is 0 Å². The van der Waals surface area contributed by atoms with E-state index in [-0.39, 0.29) is 12.0 Å². The number of fused-ring (bicyclic) bond motifs is 1. The topological polar surface area (TPSA) is 20.2 Å². The Hall–Kier alpha value is -1.03. The molecule has 0 spiro atoms. The first kappa shape index (κ1) is 24.6. The van der Waals surface area contributed by atoms with Crippen LogP contribution < -0.4 is 0 Å². The van der Waals surface area contributed by atoms with Crippen molar-refractivity contribution in [3.8, 4) is 0 Å². The number of alkyl halides is 3. The second-order valence-corrected chi connectivity index (χ2v) is 11.1. The number of rotatable bonds is 6. The van der Waals surface area contributed by atoms with Gasteiger partial charge in [0.15, 0.2) is 6.17 Å². The van der Waals surface area contributed by atoms with Gasteiger partial charge in [-0.2, -0.15) is 0 Å². The Kier molecular flexibility index (Phi) is 7.50. The Morgan fingerprint density at radius 3 is 2.55 bits per heavy atom. The molecule has 1 nitrogen and oxygen atoms in total. The Morgan fingerprint density at radius 2 is 1.87 bits per heavy atom. The first-order valence-corrected chi connectivity index (χ1v) is 12.3. The number of aliphatic hydroxyl groups is 1. The monoisotopic (exact) mass is 438 g/mol. The molecule has 0 aromatic carbocycles. The van der Waals surface area contributed by atoms with Crippen LogP contribution in [0.2, 0.25) is 0 Å². The van der Waals surface area contributed by atoms with Gasteiger partial charge in [-0.05, 0) is 61.3 Å². The molecule has 3 saturated carbocycles. The Labute approximate surface area is 186 Å². The molecule has 3 aliphatic carbocycles. The first-order valence-electron chi connectivity index (χ1n) is 12.3. The van der Waals surface area contributed by atoms with E-state index in [0.29, 0.717) is 31.6 Å². The molecular weight excluding hydrogens is 397 g/mol. The van der Waals surface area contributed by atoms with E-state index in [4.69, 9.17) is 0 Å². The van der Waals surface area contributed by atoms with Crippen LogP contribution in [0.5, 0.6) is 0 Å². The van der Waals surface area contributed by atoms with Gasteiger partial charge in [-0.15, -0.1) is 0 Å². The lowest BCUT2D eigenvalue weighted by Crippen LogP contribution is -2.40. The molecule has 4 heteroatoms. The van der Waals surface area contributed by atoms with E-state index in [1.807, 2.05) is 26.0 Å². The van der Waals surface area contributed by atoms with Crippen LogP contribution in [0.3, 0.4) is 0 Å². The smallest absolute Gasteiger partial charge is 0.282 e. The molecule has 1 N–H and O–H groups in total. The summed E-state index contributed by atoms with van der Waals surface area (Å²) in [6.45, 7) is 12.2. The molecule has 3 fully saturated rings. The van der Waals surface area contributed by atoms with Gasteiger partial charge in [0.25, 0.3) is 5.92 Å². The summed E-state index contributed by atoms with van der Waals surface area (Å²) in [4.78, 5) is 0. The number of hydrogen-bond donors (Lipinski definition) is 1. The minimum atomic E-state index is -3.29. The zero-order chi connectivity index (χ0) is 23.0. The molecule has 3 rings (SSSR count). The fourth-order valence-corrected chi connectivity index (χ4v) is 6.74. The molecule has 3 aliphatic rings. The van der Waals surface area contributed by atoms with Crippen molar-refractivity contribution in [2.75, 3.05) is 0 Å². The van der Waals surface area contributed by atoms with Crippen molar-refractivity contribution in [3.05, 3.63) is 35.5 Å². The minimum absolute atomic E-state index is 0.201. The highest BCUT2D eigenvalue weighted by Gasteiger charge is 2.70. The van der Waals surface area contributed by atoms with Gasteiger partial charge in [0.2, 0.25) is 0 Å².